The van der Waals surface area contributed by atoms with Gasteiger partial charge in [-0.15, -0.1) is 0 Å². The van der Waals surface area contributed by atoms with Crippen molar-refractivity contribution in [3.8, 4) is 0 Å². The molecule has 6 heteroatoms. The van der Waals surface area contributed by atoms with E-state index in [1.54, 1.807) is 0 Å². The molecule has 0 bridgehead atoms. The second-order valence-corrected chi connectivity index (χ2v) is 8.33. The van der Waals surface area contributed by atoms with Crippen molar-refractivity contribution in [3.05, 3.63) is 35.4 Å². The summed E-state index contributed by atoms with van der Waals surface area (Å²) >= 11 is 0. The van der Waals surface area contributed by atoms with Crippen LogP contribution in [0, 0.1) is 5.92 Å². The highest BCUT2D eigenvalue weighted by atomic mass is 16.1. The zero-order valence-electron chi connectivity index (χ0n) is 16.9. The molecule has 6 nitrogen and oxygen atoms in total. The molecular formula is C22H35N5O. The van der Waals surface area contributed by atoms with Crippen LogP contribution in [0.2, 0.25) is 0 Å². The summed E-state index contributed by atoms with van der Waals surface area (Å²) in [5.74, 6) is 0.360. The Hall–Kier alpha value is -2.08. The van der Waals surface area contributed by atoms with E-state index in [2.05, 4.69) is 39.5 Å². The number of nitrogens with zero attached hydrogens (tertiary/aromatic N) is 2. The molecule has 1 unspecified atom stereocenters. The highest BCUT2D eigenvalue weighted by Gasteiger charge is 2.23. The third-order valence-electron chi connectivity index (χ3n) is 5.94. The Labute approximate surface area is 168 Å². The van der Waals surface area contributed by atoms with Gasteiger partial charge in [-0.3, -0.25) is 9.69 Å². The summed E-state index contributed by atoms with van der Waals surface area (Å²) in [5, 5.41) is 3.40. The molecule has 154 valence electrons. The van der Waals surface area contributed by atoms with E-state index in [4.69, 9.17) is 11.5 Å². The fraction of sp³-hybridized carbons (Fsp3) is 0.636. The first-order valence-electron chi connectivity index (χ1n) is 10.8. The lowest BCUT2D eigenvalue weighted by molar-refractivity contribution is -0.123. The first kappa shape index (κ1) is 20.6. The van der Waals surface area contributed by atoms with Crippen LogP contribution >= 0.6 is 0 Å². The predicted octanol–water partition coefficient (Wildman–Crippen LogP) is 2.51. The van der Waals surface area contributed by atoms with Gasteiger partial charge in [0.05, 0.1) is 12.5 Å². The fourth-order valence-corrected chi connectivity index (χ4v) is 4.37. The van der Waals surface area contributed by atoms with E-state index in [0.717, 1.165) is 38.0 Å². The van der Waals surface area contributed by atoms with Crippen LogP contribution in [0.1, 0.15) is 62.5 Å². The summed E-state index contributed by atoms with van der Waals surface area (Å²) in [6.07, 6.45) is 9.54. The Morgan fingerprint density at radius 3 is 2.57 bits per heavy atom. The van der Waals surface area contributed by atoms with Crippen molar-refractivity contribution in [1.82, 2.24) is 10.2 Å². The smallest absolute Gasteiger partial charge is 0.221 e. The van der Waals surface area contributed by atoms with E-state index in [1.165, 1.54) is 44.1 Å². The van der Waals surface area contributed by atoms with E-state index in [1.807, 2.05) is 0 Å². The molecule has 28 heavy (non-hydrogen) atoms. The van der Waals surface area contributed by atoms with Crippen LogP contribution in [0.4, 0.5) is 0 Å². The Bertz CT molecular complexity index is 667. The monoisotopic (exact) mass is 385 g/mol. The summed E-state index contributed by atoms with van der Waals surface area (Å²) in [6, 6.07) is 8.96. The summed E-state index contributed by atoms with van der Waals surface area (Å²) in [7, 11) is 0. The maximum Gasteiger partial charge on any atom is 0.221 e. The Balaban J connectivity index is 1.52. The number of aliphatic imine (C=N–C) groups is 1. The van der Waals surface area contributed by atoms with Gasteiger partial charge >= 0.3 is 0 Å². The van der Waals surface area contributed by atoms with Gasteiger partial charge in [-0.2, -0.15) is 0 Å². The minimum atomic E-state index is -0.176. The second-order valence-electron chi connectivity index (χ2n) is 8.33. The lowest BCUT2D eigenvalue weighted by Crippen LogP contribution is -2.40. The minimum absolute atomic E-state index is 0.0172. The molecule has 2 aliphatic rings. The van der Waals surface area contributed by atoms with Crippen molar-refractivity contribution < 1.29 is 4.79 Å². The van der Waals surface area contributed by atoms with Crippen molar-refractivity contribution in [1.29, 1.82) is 0 Å². The molecule has 1 heterocycles. The summed E-state index contributed by atoms with van der Waals surface area (Å²) in [4.78, 5) is 18.4. The molecule has 1 aliphatic heterocycles. The van der Waals surface area contributed by atoms with Gasteiger partial charge in [0.2, 0.25) is 5.91 Å². The van der Waals surface area contributed by atoms with E-state index in [0.29, 0.717) is 18.5 Å². The lowest BCUT2D eigenvalue weighted by Gasteiger charge is -2.31. The number of primary amides is 1. The van der Waals surface area contributed by atoms with E-state index in [-0.39, 0.29) is 11.8 Å². The molecule has 1 aliphatic carbocycles. The Morgan fingerprint density at radius 1 is 1.07 bits per heavy atom. The largest absolute Gasteiger partial charge is 0.370 e. The number of nitrogens with two attached hydrogens (primary N) is 2. The van der Waals surface area contributed by atoms with Gasteiger partial charge in [0.15, 0.2) is 5.96 Å². The first-order valence-corrected chi connectivity index (χ1v) is 10.8. The number of hydrogen-bond acceptors (Lipinski definition) is 3. The molecule has 1 atom stereocenters. The average Bonchev–Trinajstić information content (AvgIpc) is 2.95. The summed E-state index contributed by atoms with van der Waals surface area (Å²) < 4.78 is 0. The number of nitrogens with one attached hydrogen (secondary N) is 1. The minimum Gasteiger partial charge on any atom is -0.370 e. The molecule has 3 rings (SSSR count). The number of carbonyl (C=O) groups is 1. The average molecular weight is 386 g/mol. The third kappa shape index (κ3) is 6.51. The van der Waals surface area contributed by atoms with Crippen LogP contribution in [-0.2, 0) is 17.9 Å². The topological polar surface area (TPSA) is 96.7 Å². The van der Waals surface area contributed by atoms with E-state index >= 15 is 0 Å². The van der Waals surface area contributed by atoms with Crippen molar-refractivity contribution in [3.63, 3.8) is 0 Å². The standard InChI is InChI=1S/C22H35N5O/c23-21(28)19-9-6-12-27(16-19)15-18-8-5-7-17(13-18)14-25-22(24)26-20-10-3-1-2-4-11-20/h5,7-8,13,19-20H,1-4,6,9-12,14-16H2,(H2,23,28)(H3,24,25,26). The van der Waals surface area contributed by atoms with Gasteiger partial charge in [0, 0.05) is 19.1 Å². The maximum atomic E-state index is 11.5. The molecule has 1 saturated carbocycles. The summed E-state index contributed by atoms with van der Waals surface area (Å²) in [6.45, 7) is 3.21. The molecule has 0 radical (unpaired) electrons. The fourth-order valence-electron chi connectivity index (χ4n) is 4.37. The molecule has 1 saturated heterocycles. The van der Waals surface area contributed by atoms with Gasteiger partial charge in [0.1, 0.15) is 0 Å². The zero-order valence-corrected chi connectivity index (χ0v) is 16.9. The third-order valence-corrected chi connectivity index (χ3v) is 5.94. The predicted molar refractivity (Wildman–Crippen MR) is 114 cm³/mol. The lowest BCUT2D eigenvalue weighted by atomic mass is 9.97. The van der Waals surface area contributed by atoms with Crippen molar-refractivity contribution >= 4 is 11.9 Å². The van der Waals surface area contributed by atoms with Crippen molar-refractivity contribution in [2.75, 3.05) is 13.1 Å². The number of piperidine rings is 1. The molecule has 2 fully saturated rings. The molecule has 0 spiro atoms. The normalized spacial score (nSPS) is 22.6. The highest BCUT2D eigenvalue weighted by molar-refractivity contribution is 5.78. The molecule has 5 N–H and O–H groups in total. The highest BCUT2D eigenvalue weighted by Crippen LogP contribution is 2.19. The zero-order chi connectivity index (χ0) is 19.8. The van der Waals surface area contributed by atoms with Gasteiger partial charge in [0.25, 0.3) is 0 Å². The van der Waals surface area contributed by atoms with Crippen LogP contribution in [0.15, 0.2) is 29.3 Å². The van der Waals surface area contributed by atoms with Crippen molar-refractivity contribution in [2.24, 2.45) is 22.4 Å². The van der Waals surface area contributed by atoms with E-state index < -0.39 is 0 Å². The van der Waals surface area contributed by atoms with E-state index in [9.17, 15) is 4.79 Å². The number of rotatable bonds is 6. The first-order chi connectivity index (χ1) is 13.6. The molecule has 1 amide bonds. The maximum absolute atomic E-state index is 11.5. The molecular weight excluding hydrogens is 350 g/mol. The van der Waals surface area contributed by atoms with Crippen LogP contribution in [-0.4, -0.2) is 35.9 Å². The molecule has 1 aromatic rings. The van der Waals surface area contributed by atoms with Crippen LogP contribution < -0.4 is 16.8 Å². The number of carbonyl (C=O) groups excluding carboxylic acids is 1. The van der Waals surface area contributed by atoms with Gasteiger partial charge in [-0.25, -0.2) is 4.99 Å². The molecule has 0 aromatic heterocycles. The van der Waals surface area contributed by atoms with Crippen LogP contribution in [0.5, 0.6) is 0 Å². The number of amides is 1. The van der Waals surface area contributed by atoms with Crippen LogP contribution in [0.3, 0.4) is 0 Å². The quantitative estimate of drug-likeness (QED) is 0.398. The van der Waals surface area contributed by atoms with Crippen LogP contribution in [0.25, 0.3) is 0 Å². The van der Waals surface area contributed by atoms with Crippen molar-refractivity contribution in [2.45, 2.75) is 70.5 Å². The van der Waals surface area contributed by atoms with Gasteiger partial charge < -0.3 is 16.8 Å². The summed E-state index contributed by atoms with van der Waals surface area (Å²) in [5.41, 5.74) is 14.0. The number of guanidine groups is 1. The van der Waals surface area contributed by atoms with Gasteiger partial charge in [-0.1, -0.05) is 49.9 Å². The Kier molecular flexibility index (Phi) is 7.71. The number of hydrogen-bond donors (Lipinski definition) is 3. The molecule has 1 aromatic carbocycles. The SMILES string of the molecule is NC(=O)C1CCCN(Cc2cccc(CN=C(N)NC3CCCCCC3)c2)C1. The number of likely N-dealkylation sites (tertiary alicyclic amines) is 1. The Morgan fingerprint density at radius 2 is 1.82 bits per heavy atom. The number of benzene rings is 1. The van der Waals surface area contributed by atoms with Gasteiger partial charge in [-0.05, 0) is 43.4 Å². The second kappa shape index (κ2) is 10.5.